The van der Waals surface area contributed by atoms with E-state index in [1.54, 1.807) is 11.8 Å². The molecule has 0 spiro atoms. The molecule has 3 nitrogen and oxygen atoms in total. The van der Waals surface area contributed by atoms with Crippen LogP contribution < -0.4 is 4.90 Å². The highest BCUT2D eigenvalue weighted by molar-refractivity contribution is 7.99. The van der Waals surface area contributed by atoms with Crippen LogP contribution in [0.2, 0.25) is 0 Å². The SMILES string of the molecule is CCN(CC)C(=O)N1c2ccc(C)cc2Sc2cc(C)ccc21. The third-order valence-electron chi connectivity index (χ3n) is 4.16. The number of hydrogen-bond acceptors (Lipinski definition) is 2. The molecule has 4 heteroatoms. The number of anilines is 2. The van der Waals surface area contributed by atoms with Crippen molar-refractivity contribution in [3.8, 4) is 0 Å². The predicted octanol–water partition coefficient (Wildman–Crippen LogP) is 5.37. The maximum Gasteiger partial charge on any atom is 0.329 e. The molecule has 0 saturated heterocycles. The third kappa shape index (κ3) is 2.83. The van der Waals surface area contributed by atoms with Gasteiger partial charge in [0.25, 0.3) is 0 Å². The molecule has 0 unspecified atom stereocenters. The summed E-state index contributed by atoms with van der Waals surface area (Å²) in [6.45, 7) is 9.63. The lowest BCUT2D eigenvalue weighted by Crippen LogP contribution is -2.41. The highest BCUT2D eigenvalue weighted by Gasteiger charge is 2.30. The summed E-state index contributed by atoms with van der Waals surface area (Å²) in [6, 6.07) is 12.6. The molecule has 0 atom stereocenters. The van der Waals surface area contributed by atoms with Crippen molar-refractivity contribution in [3.63, 3.8) is 0 Å². The highest BCUT2D eigenvalue weighted by atomic mass is 32.2. The zero-order chi connectivity index (χ0) is 16.6. The molecule has 0 saturated carbocycles. The van der Waals surface area contributed by atoms with Gasteiger partial charge in [0.2, 0.25) is 0 Å². The Morgan fingerprint density at radius 1 is 0.957 bits per heavy atom. The summed E-state index contributed by atoms with van der Waals surface area (Å²) in [7, 11) is 0. The summed E-state index contributed by atoms with van der Waals surface area (Å²) in [6.07, 6.45) is 0. The average Bonchev–Trinajstić information content (AvgIpc) is 2.53. The molecule has 120 valence electrons. The number of amides is 2. The molecule has 0 radical (unpaired) electrons. The van der Waals surface area contributed by atoms with E-state index in [4.69, 9.17) is 0 Å². The van der Waals surface area contributed by atoms with Crippen LogP contribution in [0.25, 0.3) is 0 Å². The highest BCUT2D eigenvalue weighted by Crippen LogP contribution is 2.49. The fraction of sp³-hybridized carbons (Fsp3) is 0.316. The van der Waals surface area contributed by atoms with Crippen LogP contribution in [0.4, 0.5) is 16.2 Å². The monoisotopic (exact) mass is 326 g/mol. The number of carbonyl (C=O) groups excluding carboxylic acids is 1. The number of benzene rings is 2. The molecular formula is C19H22N2OS. The Labute approximate surface area is 142 Å². The first-order valence-electron chi connectivity index (χ1n) is 8.03. The quantitative estimate of drug-likeness (QED) is 0.741. The second-order valence-electron chi connectivity index (χ2n) is 5.83. The number of aryl methyl sites for hydroxylation is 2. The maximum absolute atomic E-state index is 13.1. The van der Waals surface area contributed by atoms with Crippen molar-refractivity contribution >= 4 is 29.2 Å². The average molecular weight is 326 g/mol. The normalized spacial score (nSPS) is 12.6. The van der Waals surface area contributed by atoms with Gasteiger partial charge in [0.05, 0.1) is 11.4 Å². The Morgan fingerprint density at radius 3 is 1.87 bits per heavy atom. The summed E-state index contributed by atoms with van der Waals surface area (Å²) in [5.41, 5.74) is 4.38. The van der Waals surface area contributed by atoms with E-state index < -0.39 is 0 Å². The standard InChI is InChI=1S/C19H22N2OS/c1-5-20(6-2)19(22)21-15-9-7-13(3)11-17(15)23-18-12-14(4)8-10-16(18)21/h7-12H,5-6H2,1-4H3. The molecule has 0 aromatic heterocycles. The lowest BCUT2D eigenvalue weighted by atomic mass is 10.1. The van der Waals surface area contributed by atoms with Crippen LogP contribution in [0.5, 0.6) is 0 Å². The van der Waals surface area contributed by atoms with E-state index in [2.05, 4.69) is 50.2 Å². The van der Waals surface area contributed by atoms with Gasteiger partial charge in [-0.25, -0.2) is 4.79 Å². The van der Waals surface area contributed by atoms with Crippen molar-refractivity contribution in [1.82, 2.24) is 4.90 Å². The maximum atomic E-state index is 13.1. The van der Waals surface area contributed by atoms with E-state index in [0.29, 0.717) is 13.1 Å². The van der Waals surface area contributed by atoms with Crippen molar-refractivity contribution in [1.29, 1.82) is 0 Å². The zero-order valence-corrected chi connectivity index (χ0v) is 14.9. The van der Waals surface area contributed by atoms with Gasteiger partial charge in [0.15, 0.2) is 0 Å². The Balaban J connectivity index is 2.16. The molecule has 0 N–H and O–H groups in total. The minimum Gasteiger partial charge on any atom is -0.325 e. The lowest BCUT2D eigenvalue weighted by Gasteiger charge is -2.35. The van der Waals surface area contributed by atoms with E-state index >= 15 is 0 Å². The van der Waals surface area contributed by atoms with E-state index in [1.807, 2.05) is 23.6 Å². The second kappa shape index (κ2) is 6.28. The van der Waals surface area contributed by atoms with E-state index in [1.165, 1.54) is 11.1 Å². The van der Waals surface area contributed by atoms with Crippen molar-refractivity contribution in [3.05, 3.63) is 47.5 Å². The van der Waals surface area contributed by atoms with Gasteiger partial charge in [-0.1, -0.05) is 23.9 Å². The fourth-order valence-electron chi connectivity index (χ4n) is 2.87. The summed E-state index contributed by atoms with van der Waals surface area (Å²) >= 11 is 1.75. The molecule has 0 fully saturated rings. The molecule has 0 aliphatic carbocycles. The Bertz CT molecular complexity index is 702. The number of urea groups is 1. The van der Waals surface area contributed by atoms with E-state index in [-0.39, 0.29) is 6.03 Å². The number of carbonyl (C=O) groups is 1. The van der Waals surface area contributed by atoms with Gasteiger partial charge >= 0.3 is 6.03 Å². The Kier molecular flexibility index (Phi) is 4.35. The number of hydrogen-bond donors (Lipinski definition) is 0. The van der Waals surface area contributed by atoms with Crippen molar-refractivity contribution in [2.24, 2.45) is 0 Å². The molecule has 1 heterocycles. The topological polar surface area (TPSA) is 23.6 Å². The van der Waals surface area contributed by atoms with Crippen molar-refractivity contribution in [2.75, 3.05) is 18.0 Å². The molecule has 1 aliphatic rings. The van der Waals surface area contributed by atoms with Crippen LogP contribution in [0, 0.1) is 13.8 Å². The molecule has 0 bridgehead atoms. The summed E-state index contributed by atoms with van der Waals surface area (Å²) in [5.74, 6) is 0. The molecular weight excluding hydrogens is 304 g/mol. The van der Waals surface area contributed by atoms with Crippen LogP contribution in [-0.4, -0.2) is 24.0 Å². The third-order valence-corrected chi connectivity index (χ3v) is 5.25. The number of rotatable bonds is 2. The van der Waals surface area contributed by atoms with Gasteiger partial charge in [-0.05, 0) is 63.1 Å². The van der Waals surface area contributed by atoms with Crippen LogP contribution in [-0.2, 0) is 0 Å². The van der Waals surface area contributed by atoms with Gasteiger partial charge in [-0.3, -0.25) is 4.90 Å². The van der Waals surface area contributed by atoms with Gasteiger partial charge in [0, 0.05) is 22.9 Å². The number of nitrogens with zero attached hydrogens (tertiary/aromatic N) is 2. The van der Waals surface area contributed by atoms with E-state index in [9.17, 15) is 4.79 Å². The first-order chi connectivity index (χ1) is 11.0. The van der Waals surface area contributed by atoms with Gasteiger partial charge in [0.1, 0.15) is 0 Å². The number of fused-ring (bicyclic) bond motifs is 2. The minimum atomic E-state index is 0.0468. The van der Waals surface area contributed by atoms with Crippen LogP contribution >= 0.6 is 11.8 Å². The van der Waals surface area contributed by atoms with E-state index in [0.717, 1.165) is 21.2 Å². The molecule has 2 aromatic carbocycles. The fourth-order valence-corrected chi connectivity index (χ4v) is 4.12. The van der Waals surface area contributed by atoms with Gasteiger partial charge in [-0.15, -0.1) is 0 Å². The van der Waals surface area contributed by atoms with Crippen molar-refractivity contribution < 1.29 is 4.79 Å². The van der Waals surface area contributed by atoms with Crippen LogP contribution in [0.1, 0.15) is 25.0 Å². The smallest absolute Gasteiger partial charge is 0.325 e. The summed E-state index contributed by atoms with van der Waals surface area (Å²) < 4.78 is 0. The summed E-state index contributed by atoms with van der Waals surface area (Å²) in [5, 5.41) is 0. The molecule has 3 rings (SSSR count). The van der Waals surface area contributed by atoms with Crippen LogP contribution in [0.3, 0.4) is 0 Å². The van der Waals surface area contributed by atoms with Gasteiger partial charge < -0.3 is 4.90 Å². The lowest BCUT2D eigenvalue weighted by molar-refractivity contribution is 0.212. The second-order valence-corrected chi connectivity index (χ2v) is 6.92. The van der Waals surface area contributed by atoms with Crippen LogP contribution in [0.15, 0.2) is 46.2 Å². The first-order valence-corrected chi connectivity index (χ1v) is 8.85. The zero-order valence-electron chi connectivity index (χ0n) is 14.1. The largest absolute Gasteiger partial charge is 0.329 e. The van der Waals surface area contributed by atoms with Gasteiger partial charge in [-0.2, -0.15) is 0 Å². The van der Waals surface area contributed by atoms with Crippen molar-refractivity contribution in [2.45, 2.75) is 37.5 Å². The predicted molar refractivity (Wildman–Crippen MR) is 96.9 cm³/mol. The molecule has 2 aromatic rings. The molecule has 1 aliphatic heterocycles. The summed E-state index contributed by atoms with van der Waals surface area (Å²) in [4.78, 5) is 19.1. The molecule has 2 amide bonds. The molecule has 23 heavy (non-hydrogen) atoms. The minimum absolute atomic E-state index is 0.0468. The Morgan fingerprint density at radius 2 is 1.43 bits per heavy atom. The first kappa shape index (κ1) is 15.9. The Hall–Kier alpha value is -1.94.